The first kappa shape index (κ1) is 11.1. The quantitative estimate of drug-likeness (QED) is 0.450. The van der Waals surface area contributed by atoms with Gasteiger partial charge in [-0.15, -0.1) is 4.91 Å². The second kappa shape index (κ2) is 4.50. The Bertz CT molecular complexity index is 379. The first-order chi connectivity index (χ1) is 7.19. The van der Waals surface area contributed by atoms with E-state index in [0.717, 1.165) is 0 Å². The van der Waals surface area contributed by atoms with Crippen LogP contribution in [0.4, 0.5) is 22.7 Å². The summed E-state index contributed by atoms with van der Waals surface area (Å²) >= 11 is 0. The average molecular weight is 210 g/mol. The fourth-order valence-corrected chi connectivity index (χ4v) is 1.44. The fourth-order valence-electron chi connectivity index (χ4n) is 1.44. The lowest BCUT2D eigenvalue weighted by Crippen LogP contribution is -2.00. The van der Waals surface area contributed by atoms with Crippen molar-refractivity contribution in [2.75, 3.05) is 37.1 Å². The molecular weight excluding hydrogens is 196 g/mol. The summed E-state index contributed by atoms with van der Waals surface area (Å²) in [4.78, 5) is 10.7. The van der Waals surface area contributed by atoms with E-state index >= 15 is 0 Å². The van der Waals surface area contributed by atoms with Gasteiger partial charge in [-0.3, -0.25) is 0 Å². The summed E-state index contributed by atoms with van der Waals surface area (Å²) in [6.07, 6.45) is 0. The van der Waals surface area contributed by atoms with E-state index in [2.05, 4.69) is 21.1 Å². The third-order valence-electron chi connectivity index (χ3n) is 2.14. The molecule has 0 heterocycles. The number of phenolic OH excluding ortho intramolecular Hbond substituents is 1. The summed E-state index contributed by atoms with van der Waals surface area (Å²) < 4.78 is 0. The molecule has 15 heavy (non-hydrogen) atoms. The SMILES string of the molecule is CNc1cc(O)c(NC)c(NC)c1N=O. The number of benzene rings is 1. The number of rotatable bonds is 4. The summed E-state index contributed by atoms with van der Waals surface area (Å²) in [5.41, 5.74) is 1.64. The minimum atomic E-state index is 0.0543. The van der Waals surface area contributed by atoms with E-state index in [1.165, 1.54) is 6.07 Å². The van der Waals surface area contributed by atoms with Gasteiger partial charge in [-0.05, 0) is 5.18 Å². The smallest absolute Gasteiger partial charge is 0.156 e. The topological polar surface area (TPSA) is 85.8 Å². The van der Waals surface area contributed by atoms with E-state index in [4.69, 9.17) is 0 Å². The molecule has 1 rings (SSSR count). The van der Waals surface area contributed by atoms with Crippen LogP contribution < -0.4 is 16.0 Å². The van der Waals surface area contributed by atoms with Gasteiger partial charge in [0.05, 0.1) is 11.4 Å². The second-order valence-corrected chi connectivity index (χ2v) is 2.88. The summed E-state index contributed by atoms with van der Waals surface area (Å²) in [6, 6.07) is 1.45. The lowest BCUT2D eigenvalue weighted by atomic mass is 10.1. The van der Waals surface area contributed by atoms with Gasteiger partial charge in [-0.2, -0.15) is 0 Å². The van der Waals surface area contributed by atoms with Crippen LogP contribution in [0, 0.1) is 4.91 Å². The second-order valence-electron chi connectivity index (χ2n) is 2.88. The Kier molecular flexibility index (Phi) is 3.33. The van der Waals surface area contributed by atoms with Crippen molar-refractivity contribution in [3.63, 3.8) is 0 Å². The normalized spacial score (nSPS) is 9.53. The lowest BCUT2D eigenvalue weighted by Gasteiger charge is -2.15. The number of aromatic hydroxyl groups is 1. The number of hydrogen-bond donors (Lipinski definition) is 4. The van der Waals surface area contributed by atoms with Crippen molar-refractivity contribution in [3.05, 3.63) is 11.0 Å². The molecule has 0 saturated heterocycles. The zero-order valence-electron chi connectivity index (χ0n) is 8.88. The molecular formula is C9H14N4O2. The predicted molar refractivity (Wildman–Crippen MR) is 62.2 cm³/mol. The highest BCUT2D eigenvalue weighted by Crippen LogP contribution is 2.44. The third kappa shape index (κ3) is 1.78. The van der Waals surface area contributed by atoms with Crippen LogP contribution in [0.25, 0.3) is 0 Å². The molecule has 0 bridgehead atoms. The Morgan fingerprint density at radius 2 is 1.73 bits per heavy atom. The Morgan fingerprint density at radius 3 is 2.13 bits per heavy atom. The van der Waals surface area contributed by atoms with Crippen LogP contribution in [0.3, 0.4) is 0 Å². The Hall–Kier alpha value is -1.98. The molecule has 0 saturated carbocycles. The summed E-state index contributed by atoms with van der Waals surface area (Å²) in [7, 11) is 4.97. The highest BCUT2D eigenvalue weighted by atomic mass is 16.3. The standard InChI is InChI=1S/C9H14N4O2/c1-10-5-4-6(14)8(11-2)9(12-3)7(5)13-15/h4,10-12,14H,1-3H3. The van der Waals surface area contributed by atoms with Crippen molar-refractivity contribution in [1.82, 2.24) is 0 Å². The molecule has 0 aliphatic carbocycles. The summed E-state index contributed by atoms with van der Waals surface area (Å²) in [6.45, 7) is 0. The number of nitroso groups, excluding NO2 is 1. The van der Waals surface area contributed by atoms with E-state index in [9.17, 15) is 10.0 Å². The molecule has 0 aliphatic heterocycles. The molecule has 1 aromatic rings. The third-order valence-corrected chi connectivity index (χ3v) is 2.14. The highest BCUT2D eigenvalue weighted by molar-refractivity contribution is 5.92. The average Bonchev–Trinajstić information content (AvgIpc) is 2.27. The van der Waals surface area contributed by atoms with Crippen LogP contribution in [0.15, 0.2) is 11.2 Å². The number of hydrogen-bond acceptors (Lipinski definition) is 6. The molecule has 0 aromatic heterocycles. The van der Waals surface area contributed by atoms with Gasteiger partial charge in [0, 0.05) is 27.2 Å². The minimum Gasteiger partial charge on any atom is -0.506 e. The van der Waals surface area contributed by atoms with E-state index in [1.54, 1.807) is 21.1 Å². The van der Waals surface area contributed by atoms with E-state index in [0.29, 0.717) is 17.1 Å². The van der Waals surface area contributed by atoms with Gasteiger partial charge in [0.1, 0.15) is 11.4 Å². The number of nitrogens with zero attached hydrogens (tertiary/aromatic N) is 1. The molecule has 82 valence electrons. The zero-order valence-corrected chi connectivity index (χ0v) is 8.88. The summed E-state index contributed by atoms with van der Waals surface area (Å²) in [5, 5.41) is 21.0. The maximum Gasteiger partial charge on any atom is 0.156 e. The molecule has 0 spiro atoms. The fraction of sp³-hybridized carbons (Fsp3) is 0.333. The molecule has 0 amide bonds. The molecule has 6 nitrogen and oxygen atoms in total. The highest BCUT2D eigenvalue weighted by Gasteiger charge is 2.16. The summed E-state index contributed by atoms with van der Waals surface area (Å²) in [5.74, 6) is 0.0543. The van der Waals surface area contributed by atoms with E-state index in [-0.39, 0.29) is 11.4 Å². The van der Waals surface area contributed by atoms with Gasteiger partial charge < -0.3 is 21.1 Å². The predicted octanol–water partition coefficient (Wildman–Crippen LogP) is 1.92. The van der Waals surface area contributed by atoms with Crippen LogP contribution >= 0.6 is 0 Å². The molecule has 0 radical (unpaired) electrons. The van der Waals surface area contributed by atoms with Crippen molar-refractivity contribution in [1.29, 1.82) is 0 Å². The van der Waals surface area contributed by atoms with Crippen molar-refractivity contribution in [2.45, 2.75) is 0 Å². The van der Waals surface area contributed by atoms with Crippen LogP contribution in [-0.2, 0) is 0 Å². The molecule has 0 atom stereocenters. The van der Waals surface area contributed by atoms with Crippen LogP contribution in [0.1, 0.15) is 0 Å². The van der Waals surface area contributed by atoms with Crippen LogP contribution in [-0.4, -0.2) is 26.2 Å². The van der Waals surface area contributed by atoms with Gasteiger partial charge in [0.15, 0.2) is 5.69 Å². The molecule has 0 aliphatic rings. The monoisotopic (exact) mass is 210 g/mol. The van der Waals surface area contributed by atoms with Crippen molar-refractivity contribution >= 4 is 22.7 Å². The van der Waals surface area contributed by atoms with Crippen LogP contribution in [0.5, 0.6) is 5.75 Å². The molecule has 6 heteroatoms. The van der Waals surface area contributed by atoms with E-state index in [1.807, 2.05) is 0 Å². The molecule has 4 N–H and O–H groups in total. The number of anilines is 3. The van der Waals surface area contributed by atoms with Gasteiger partial charge in [-0.1, -0.05) is 0 Å². The Labute approximate surface area is 87.7 Å². The van der Waals surface area contributed by atoms with Gasteiger partial charge >= 0.3 is 0 Å². The first-order valence-corrected chi connectivity index (χ1v) is 4.46. The van der Waals surface area contributed by atoms with E-state index < -0.39 is 0 Å². The van der Waals surface area contributed by atoms with Crippen molar-refractivity contribution in [3.8, 4) is 5.75 Å². The molecule has 0 unspecified atom stereocenters. The maximum absolute atomic E-state index is 10.7. The molecule has 1 aromatic carbocycles. The number of phenols is 1. The largest absolute Gasteiger partial charge is 0.506 e. The molecule has 0 fully saturated rings. The minimum absolute atomic E-state index is 0.0543. The Balaban J connectivity index is 3.51. The zero-order chi connectivity index (χ0) is 11.4. The van der Waals surface area contributed by atoms with Crippen molar-refractivity contribution in [2.24, 2.45) is 5.18 Å². The van der Waals surface area contributed by atoms with Crippen molar-refractivity contribution < 1.29 is 5.11 Å². The maximum atomic E-state index is 10.7. The number of nitrogens with one attached hydrogen (secondary N) is 3. The van der Waals surface area contributed by atoms with Gasteiger partial charge in [0.25, 0.3) is 0 Å². The van der Waals surface area contributed by atoms with Gasteiger partial charge in [0.2, 0.25) is 0 Å². The van der Waals surface area contributed by atoms with Gasteiger partial charge in [-0.25, -0.2) is 0 Å². The lowest BCUT2D eigenvalue weighted by molar-refractivity contribution is 0.478. The Morgan fingerprint density at radius 1 is 1.13 bits per heavy atom. The van der Waals surface area contributed by atoms with Crippen LogP contribution in [0.2, 0.25) is 0 Å². The first-order valence-electron chi connectivity index (χ1n) is 4.46.